The van der Waals surface area contributed by atoms with Gasteiger partial charge in [-0.3, -0.25) is 0 Å². The molecule has 1 fully saturated rings. The van der Waals surface area contributed by atoms with Crippen LogP contribution in [0.4, 0.5) is 0 Å². The van der Waals surface area contributed by atoms with Gasteiger partial charge in [-0.15, -0.1) is 0 Å². The second-order valence-corrected chi connectivity index (χ2v) is 4.62. The van der Waals surface area contributed by atoms with E-state index in [1.807, 2.05) is 6.07 Å². The van der Waals surface area contributed by atoms with Gasteiger partial charge in [0.15, 0.2) is 0 Å². The van der Waals surface area contributed by atoms with Crippen LogP contribution in [0.2, 0.25) is 0 Å². The third kappa shape index (κ3) is 0.894. The summed E-state index contributed by atoms with van der Waals surface area (Å²) >= 11 is 0. The summed E-state index contributed by atoms with van der Waals surface area (Å²) in [6, 6.07) is 6.18. The molecule has 0 aliphatic heterocycles. The van der Waals surface area contributed by atoms with Crippen molar-refractivity contribution in [1.82, 2.24) is 0 Å². The van der Waals surface area contributed by atoms with Crippen LogP contribution >= 0.6 is 0 Å². The zero-order valence-electron chi connectivity index (χ0n) is 8.16. The van der Waals surface area contributed by atoms with Crippen molar-refractivity contribution in [2.45, 2.75) is 37.1 Å². The largest absolute Gasteiger partial charge is 0.508 e. The molecule has 1 saturated carbocycles. The Balaban J connectivity index is 2.16. The second-order valence-electron chi connectivity index (χ2n) is 4.62. The van der Waals surface area contributed by atoms with Crippen molar-refractivity contribution in [2.75, 3.05) is 0 Å². The minimum Gasteiger partial charge on any atom is -0.508 e. The molecule has 1 spiro atoms. The Morgan fingerprint density at radius 3 is 2.93 bits per heavy atom. The first-order valence-electron chi connectivity index (χ1n) is 5.31. The van der Waals surface area contributed by atoms with E-state index in [1.54, 1.807) is 6.07 Å². The highest BCUT2D eigenvalue weighted by Crippen LogP contribution is 2.55. The normalized spacial score (nSPS) is 34.2. The molecule has 3 rings (SSSR count). The third-order valence-corrected chi connectivity index (χ3v) is 3.87. The maximum Gasteiger partial charge on any atom is 0.119 e. The van der Waals surface area contributed by atoms with E-state index in [0.29, 0.717) is 11.8 Å². The maximum absolute atomic E-state index is 9.76. The van der Waals surface area contributed by atoms with Gasteiger partial charge in [-0.05, 0) is 42.9 Å². The van der Waals surface area contributed by atoms with Crippen LogP contribution in [-0.4, -0.2) is 11.1 Å². The molecule has 2 aliphatic rings. The number of hydrogen-bond donors (Lipinski definition) is 2. The summed E-state index contributed by atoms with van der Waals surface area (Å²) in [5.41, 5.74) is 8.70. The summed E-state index contributed by atoms with van der Waals surface area (Å²) in [6.45, 7) is 0. The van der Waals surface area contributed by atoms with Crippen LogP contribution < -0.4 is 5.73 Å². The van der Waals surface area contributed by atoms with Gasteiger partial charge in [0.05, 0.1) is 0 Å². The van der Waals surface area contributed by atoms with Gasteiger partial charge in [0.2, 0.25) is 0 Å². The van der Waals surface area contributed by atoms with Crippen molar-refractivity contribution in [3.8, 4) is 5.75 Å². The fourth-order valence-corrected chi connectivity index (χ4v) is 2.95. The van der Waals surface area contributed by atoms with Gasteiger partial charge in [-0.1, -0.05) is 12.1 Å². The van der Waals surface area contributed by atoms with Crippen LogP contribution in [0.5, 0.6) is 5.75 Å². The molecule has 0 radical (unpaired) electrons. The van der Waals surface area contributed by atoms with Gasteiger partial charge >= 0.3 is 0 Å². The number of nitrogens with two attached hydrogens (primary N) is 1. The lowest BCUT2D eigenvalue weighted by Crippen LogP contribution is -2.23. The molecule has 2 unspecified atom stereocenters. The van der Waals surface area contributed by atoms with Gasteiger partial charge in [0, 0.05) is 11.5 Å². The van der Waals surface area contributed by atoms with Crippen LogP contribution in [0.25, 0.3) is 0 Å². The number of hydrogen-bond acceptors (Lipinski definition) is 2. The second kappa shape index (κ2) is 2.51. The van der Waals surface area contributed by atoms with E-state index < -0.39 is 0 Å². The summed E-state index contributed by atoms with van der Waals surface area (Å²) in [5.74, 6) is 0.459. The molecule has 0 saturated heterocycles. The number of fused-ring (bicyclic) bond motifs is 2. The standard InChI is InChI=1S/C12H15NO/c13-11-7-12(11)6-2-3-8-9(12)4-1-5-10(8)14/h1,4-5,11,14H,2-3,6-7,13H2. The molecule has 0 heterocycles. The average Bonchev–Trinajstić information content (AvgIpc) is 2.80. The molecule has 2 heteroatoms. The van der Waals surface area contributed by atoms with Crippen molar-refractivity contribution in [3.63, 3.8) is 0 Å². The lowest BCUT2D eigenvalue weighted by molar-refractivity contribution is 0.448. The van der Waals surface area contributed by atoms with Crippen LogP contribution in [0.3, 0.4) is 0 Å². The van der Waals surface area contributed by atoms with E-state index in [-0.39, 0.29) is 5.41 Å². The first-order chi connectivity index (χ1) is 6.74. The summed E-state index contributed by atoms with van der Waals surface area (Å²) in [6.07, 6.45) is 4.48. The number of benzene rings is 1. The summed E-state index contributed by atoms with van der Waals surface area (Å²) in [4.78, 5) is 0. The Labute approximate surface area is 83.7 Å². The van der Waals surface area contributed by atoms with Crippen molar-refractivity contribution in [1.29, 1.82) is 0 Å². The molecule has 14 heavy (non-hydrogen) atoms. The zero-order chi connectivity index (χ0) is 9.76. The molecule has 1 aromatic carbocycles. The minimum absolute atomic E-state index is 0.228. The molecule has 2 aliphatic carbocycles. The Bertz CT molecular complexity index is 388. The molecule has 0 aromatic heterocycles. The molecule has 74 valence electrons. The topological polar surface area (TPSA) is 46.2 Å². The fraction of sp³-hybridized carbons (Fsp3) is 0.500. The number of rotatable bonds is 0. The Morgan fingerprint density at radius 2 is 2.21 bits per heavy atom. The molecule has 2 atom stereocenters. The van der Waals surface area contributed by atoms with Crippen LogP contribution in [0, 0.1) is 0 Å². The monoisotopic (exact) mass is 189 g/mol. The molecular formula is C12H15NO. The van der Waals surface area contributed by atoms with Gasteiger partial charge in [-0.25, -0.2) is 0 Å². The van der Waals surface area contributed by atoms with Gasteiger partial charge in [0.1, 0.15) is 5.75 Å². The van der Waals surface area contributed by atoms with Gasteiger partial charge in [0.25, 0.3) is 0 Å². The summed E-state index contributed by atoms with van der Waals surface area (Å²) in [7, 11) is 0. The fourth-order valence-electron chi connectivity index (χ4n) is 2.95. The number of aromatic hydroxyl groups is 1. The zero-order valence-corrected chi connectivity index (χ0v) is 8.16. The van der Waals surface area contributed by atoms with Crippen LogP contribution in [-0.2, 0) is 11.8 Å². The van der Waals surface area contributed by atoms with Gasteiger partial charge in [-0.2, -0.15) is 0 Å². The Morgan fingerprint density at radius 1 is 1.43 bits per heavy atom. The Kier molecular flexibility index (Phi) is 1.49. The molecule has 0 bridgehead atoms. The van der Waals surface area contributed by atoms with Gasteiger partial charge < -0.3 is 10.8 Å². The van der Waals surface area contributed by atoms with Crippen molar-refractivity contribution in [2.24, 2.45) is 5.73 Å². The molecule has 1 aromatic rings. The highest BCUT2D eigenvalue weighted by Gasteiger charge is 2.54. The predicted molar refractivity (Wildman–Crippen MR) is 55.3 cm³/mol. The smallest absolute Gasteiger partial charge is 0.119 e. The predicted octanol–water partition coefficient (Wildman–Crippen LogP) is 1.70. The van der Waals surface area contributed by atoms with Crippen LogP contribution in [0.1, 0.15) is 30.4 Å². The van der Waals surface area contributed by atoms with Crippen molar-refractivity contribution in [3.05, 3.63) is 29.3 Å². The quantitative estimate of drug-likeness (QED) is 0.652. The van der Waals surface area contributed by atoms with E-state index in [9.17, 15) is 5.11 Å². The first kappa shape index (κ1) is 8.30. The van der Waals surface area contributed by atoms with E-state index in [0.717, 1.165) is 24.8 Å². The maximum atomic E-state index is 9.76. The lowest BCUT2D eigenvalue weighted by atomic mass is 9.79. The van der Waals surface area contributed by atoms with Crippen molar-refractivity contribution < 1.29 is 5.11 Å². The lowest BCUT2D eigenvalue weighted by Gasteiger charge is -2.26. The average molecular weight is 189 g/mol. The summed E-state index contributed by atoms with van der Waals surface area (Å²) in [5, 5.41) is 9.76. The number of phenols is 1. The molecular weight excluding hydrogens is 174 g/mol. The molecule has 0 amide bonds. The summed E-state index contributed by atoms with van der Waals surface area (Å²) < 4.78 is 0. The van der Waals surface area contributed by atoms with E-state index in [1.165, 1.54) is 12.0 Å². The molecule has 2 nitrogen and oxygen atoms in total. The van der Waals surface area contributed by atoms with E-state index >= 15 is 0 Å². The van der Waals surface area contributed by atoms with Crippen LogP contribution in [0.15, 0.2) is 18.2 Å². The first-order valence-corrected chi connectivity index (χ1v) is 5.31. The van der Waals surface area contributed by atoms with E-state index in [4.69, 9.17) is 5.73 Å². The highest BCUT2D eigenvalue weighted by molar-refractivity contribution is 5.49. The number of phenolic OH excluding ortho intramolecular Hbond substituents is 1. The Hall–Kier alpha value is -1.02. The van der Waals surface area contributed by atoms with Crippen molar-refractivity contribution >= 4 is 0 Å². The minimum atomic E-state index is 0.228. The molecule has 3 N–H and O–H groups in total. The highest BCUT2D eigenvalue weighted by atomic mass is 16.3. The third-order valence-electron chi connectivity index (χ3n) is 3.87. The van der Waals surface area contributed by atoms with E-state index in [2.05, 4.69) is 6.07 Å². The SMILES string of the molecule is NC1CC12CCCc1c(O)cccc12.